The monoisotopic (exact) mass is 204 g/mol. The molecule has 0 aromatic rings. The number of allylic oxidation sites excluding steroid dienone is 1. The Morgan fingerprint density at radius 3 is 2.77 bits per heavy atom. The van der Waals surface area contributed by atoms with E-state index in [4.69, 9.17) is 16.3 Å². The smallest absolute Gasteiger partial charge is 0.0468 e. The Morgan fingerprint density at radius 1 is 1.38 bits per heavy atom. The molecule has 0 saturated carbocycles. The van der Waals surface area contributed by atoms with Crippen LogP contribution in [0.3, 0.4) is 0 Å². The van der Waals surface area contributed by atoms with Crippen LogP contribution in [-0.4, -0.2) is 19.1 Å². The van der Waals surface area contributed by atoms with E-state index >= 15 is 0 Å². The van der Waals surface area contributed by atoms with Crippen LogP contribution in [0, 0.1) is 5.92 Å². The average Bonchev–Trinajstić information content (AvgIpc) is 2.11. The molecule has 1 nitrogen and oxygen atoms in total. The minimum absolute atomic E-state index is 0.692. The second-order valence-electron chi connectivity index (χ2n) is 3.41. The summed E-state index contributed by atoms with van der Waals surface area (Å²) in [5, 5.41) is 0. The van der Waals surface area contributed by atoms with Gasteiger partial charge in [-0.05, 0) is 31.6 Å². The fourth-order valence-electron chi connectivity index (χ4n) is 1.05. The molecule has 13 heavy (non-hydrogen) atoms. The maximum absolute atomic E-state index is 5.63. The summed E-state index contributed by atoms with van der Waals surface area (Å²) >= 11 is 5.63. The zero-order valence-electron chi connectivity index (χ0n) is 8.60. The number of unbranched alkanes of at least 4 members (excludes halogenated alkanes) is 1. The van der Waals surface area contributed by atoms with E-state index in [1.165, 1.54) is 0 Å². The summed E-state index contributed by atoms with van der Waals surface area (Å²) in [7, 11) is 0. The summed E-state index contributed by atoms with van der Waals surface area (Å²) in [6.45, 7) is 7.61. The largest absolute Gasteiger partial charge is 0.381 e. The van der Waals surface area contributed by atoms with Gasteiger partial charge in [0, 0.05) is 19.1 Å². The van der Waals surface area contributed by atoms with E-state index in [1.807, 2.05) is 6.08 Å². The minimum atomic E-state index is 0.692. The van der Waals surface area contributed by atoms with Crippen LogP contribution in [0.15, 0.2) is 12.7 Å². The highest BCUT2D eigenvalue weighted by molar-refractivity contribution is 6.17. The maximum atomic E-state index is 5.63. The van der Waals surface area contributed by atoms with Gasteiger partial charge in [-0.1, -0.05) is 13.0 Å². The van der Waals surface area contributed by atoms with E-state index in [2.05, 4.69) is 13.5 Å². The molecule has 0 aliphatic rings. The predicted molar refractivity (Wildman–Crippen MR) is 59.4 cm³/mol. The summed E-state index contributed by atoms with van der Waals surface area (Å²) in [5.41, 5.74) is 0. The zero-order valence-corrected chi connectivity index (χ0v) is 9.35. The SMILES string of the molecule is C=CCCCOCCC(C)CCCl. The zero-order chi connectivity index (χ0) is 9.94. The Morgan fingerprint density at radius 2 is 2.15 bits per heavy atom. The highest BCUT2D eigenvalue weighted by Gasteiger charge is 2.00. The van der Waals surface area contributed by atoms with E-state index in [0.29, 0.717) is 5.92 Å². The van der Waals surface area contributed by atoms with Crippen LogP contribution in [0.2, 0.25) is 0 Å². The Balaban J connectivity index is 3.01. The third-order valence-electron chi connectivity index (χ3n) is 2.05. The van der Waals surface area contributed by atoms with Crippen molar-refractivity contribution in [2.24, 2.45) is 5.92 Å². The molecule has 0 radical (unpaired) electrons. The van der Waals surface area contributed by atoms with Gasteiger partial charge in [-0.15, -0.1) is 18.2 Å². The first kappa shape index (κ1) is 13.0. The van der Waals surface area contributed by atoms with Gasteiger partial charge in [0.15, 0.2) is 0 Å². The van der Waals surface area contributed by atoms with Crippen LogP contribution in [0.25, 0.3) is 0 Å². The lowest BCUT2D eigenvalue weighted by atomic mass is 10.1. The van der Waals surface area contributed by atoms with Crippen molar-refractivity contribution in [2.75, 3.05) is 19.1 Å². The molecule has 0 spiro atoms. The second-order valence-corrected chi connectivity index (χ2v) is 3.79. The molecule has 0 fully saturated rings. The van der Waals surface area contributed by atoms with Crippen molar-refractivity contribution in [3.8, 4) is 0 Å². The van der Waals surface area contributed by atoms with Gasteiger partial charge in [-0.2, -0.15) is 0 Å². The molecule has 0 saturated heterocycles. The maximum Gasteiger partial charge on any atom is 0.0468 e. The van der Waals surface area contributed by atoms with Gasteiger partial charge >= 0.3 is 0 Å². The standard InChI is InChI=1S/C11H21ClO/c1-3-4-5-9-13-10-7-11(2)6-8-12/h3,11H,1,4-10H2,2H3. The van der Waals surface area contributed by atoms with Crippen molar-refractivity contribution in [1.82, 2.24) is 0 Å². The molecule has 0 aromatic carbocycles. The van der Waals surface area contributed by atoms with E-state index in [1.54, 1.807) is 0 Å². The number of alkyl halides is 1. The number of halogens is 1. The molecule has 1 unspecified atom stereocenters. The van der Waals surface area contributed by atoms with Crippen LogP contribution in [0.5, 0.6) is 0 Å². The fraction of sp³-hybridized carbons (Fsp3) is 0.818. The lowest BCUT2D eigenvalue weighted by Crippen LogP contribution is -2.03. The van der Waals surface area contributed by atoms with Gasteiger partial charge in [0.05, 0.1) is 0 Å². The van der Waals surface area contributed by atoms with Gasteiger partial charge in [-0.3, -0.25) is 0 Å². The number of hydrogen-bond donors (Lipinski definition) is 0. The van der Waals surface area contributed by atoms with Crippen molar-refractivity contribution < 1.29 is 4.74 Å². The molecule has 0 aromatic heterocycles. The molecule has 0 aliphatic carbocycles. The molecular formula is C11H21ClO. The van der Waals surface area contributed by atoms with Crippen LogP contribution < -0.4 is 0 Å². The molecule has 0 bridgehead atoms. The summed E-state index contributed by atoms with van der Waals surface area (Å²) in [5.74, 6) is 1.45. The fourth-order valence-corrected chi connectivity index (χ4v) is 1.42. The van der Waals surface area contributed by atoms with Crippen LogP contribution in [0.1, 0.15) is 32.6 Å². The quantitative estimate of drug-likeness (QED) is 0.317. The molecule has 0 amide bonds. The Labute approximate surface area is 87.1 Å². The first-order valence-electron chi connectivity index (χ1n) is 5.05. The van der Waals surface area contributed by atoms with Crippen LogP contribution in [-0.2, 0) is 4.74 Å². The van der Waals surface area contributed by atoms with Crippen molar-refractivity contribution in [1.29, 1.82) is 0 Å². The van der Waals surface area contributed by atoms with Gasteiger partial charge in [0.2, 0.25) is 0 Å². The van der Waals surface area contributed by atoms with Gasteiger partial charge in [0.1, 0.15) is 0 Å². The molecule has 0 rings (SSSR count). The summed E-state index contributed by atoms with van der Waals surface area (Å²) in [6.07, 6.45) is 6.29. The number of ether oxygens (including phenoxy) is 1. The van der Waals surface area contributed by atoms with Crippen LogP contribution in [0.4, 0.5) is 0 Å². The predicted octanol–water partition coefficient (Wildman–Crippen LogP) is 3.62. The molecule has 2 heteroatoms. The second kappa shape index (κ2) is 10.1. The highest BCUT2D eigenvalue weighted by atomic mass is 35.5. The number of rotatable bonds is 9. The molecular weight excluding hydrogens is 184 g/mol. The summed E-state index contributed by atoms with van der Waals surface area (Å²) < 4.78 is 5.46. The first-order valence-corrected chi connectivity index (χ1v) is 5.59. The lowest BCUT2D eigenvalue weighted by Gasteiger charge is -2.09. The van der Waals surface area contributed by atoms with Crippen molar-refractivity contribution in [3.63, 3.8) is 0 Å². The van der Waals surface area contributed by atoms with E-state index < -0.39 is 0 Å². The van der Waals surface area contributed by atoms with E-state index in [9.17, 15) is 0 Å². The Hall–Kier alpha value is -0.0100. The molecule has 0 aliphatic heterocycles. The van der Waals surface area contributed by atoms with Crippen molar-refractivity contribution in [3.05, 3.63) is 12.7 Å². The van der Waals surface area contributed by atoms with Gasteiger partial charge in [0.25, 0.3) is 0 Å². The van der Waals surface area contributed by atoms with E-state index in [-0.39, 0.29) is 0 Å². The lowest BCUT2D eigenvalue weighted by molar-refractivity contribution is 0.120. The highest BCUT2D eigenvalue weighted by Crippen LogP contribution is 2.08. The topological polar surface area (TPSA) is 9.23 Å². The Bertz CT molecular complexity index is 115. The van der Waals surface area contributed by atoms with Crippen LogP contribution >= 0.6 is 11.6 Å². The molecule has 78 valence electrons. The normalized spacial score (nSPS) is 12.8. The molecule has 1 atom stereocenters. The van der Waals surface area contributed by atoms with Gasteiger partial charge < -0.3 is 4.74 Å². The van der Waals surface area contributed by atoms with Gasteiger partial charge in [-0.25, -0.2) is 0 Å². The average molecular weight is 205 g/mol. The molecule has 0 heterocycles. The van der Waals surface area contributed by atoms with Crippen molar-refractivity contribution >= 4 is 11.6 Å². The minimum Gasteiger partial charge on any atom is -0.381 e. The summed E-state index contributed by atoms with van der Waals surface area (Å²) in [4.78, 5) is 0. The number of hydrogen-bond acceptors (Lipinski definition) is 1. The Kier molecular flexibility index (Phi) is 10.1. The third-order valence-corrected chi connectivity index (χ3v) is 2.27. The third kappa shape index (κ3) is 9.91. The first-order chi connectivity index (χ1) is 6.31. The summed E-state index contributed by atoms with van der Waals surface area (Å²) in [6, 6.07) is 0. The van der Waals surface area contributed by atoms with E-state index in [0.717, 1.165) is 44.8 Å². The van der Waals surface area contributed by atoms with Crippen molar-refractivity contribution in [2.45, 2.75) is 32.6 Å². The molecule has 0 N–H and O–H groups in total.